The average Bonchev–Trinajstić information content (AvgIpc) is 2.43. The fourth-order valence-corrected chi connectivity index (χ4v) is 2.14. The van der Waals surface area contributed by atoms with Crippen LogP contribution in [0.2, 0.25) is 5.15 Å². The number of anilines is 2. The molecule has 20 heavy (non-hydrogen) atoms. The molecule has 0 aliphatic rings. The quantitative estimate of drug-likeness (QED) is 0.794. The molecule has 0 amide bonds. The summed E-state index contributed by atoms with van der Waals surface area (Å²) >= 11 is 5.89. The lowest BCUT2D eigenvalue weighted by Crippen LogP contribution is -2.30. The molecule has 0 radical (unpaired) electrons. The van der Waals surface area contributed by atoms with Crippen LogP contribution in [0.25, 0.3) is 0 Å². The SMILES string of the molecule is Nc1nc(Cl)cc(N(CCO)CCc2ccccc2)n1. The summed E-state index contributed by atoms with van der Waals surface area (Å²) in [7, 11) is 0. The highest BCUT2D eigenvalue weighted by atomic mass is 35.5. The van der Waals surface area contributed by atoms with E-state index in [1.807, 2.05) is 23.1 Å². The van der Waals surface area contributed by atoms with Gasteiger partial charge in [0.1, 0.15) is 11.0 Å². The van der Waals surface area contributed by atoms with Gasteiger partial charge in [0.15, 0.2) is 0 Å². The second-order valence-electron chi connectivity index (χ2n) is 4.35. The van der Waals surface area contributed by atoms with Gasteiger partial charge in [-0.05, 0) is 12.0 Å². The number of nitrogens with two attached hydrogens (primary N) is 1. The second kappa shape index (κ2) is 7.07. The van der Waals surface area contributed by atoms with Gasteiger partial charge in [0.05, 0.1) is 6.61 Å². The lowest BCUT2D eigenvalue weighted by atomic mass is 10.1. The number of benzene rings is 1. The Hall–Kier alpha value is -1.85. The molecule has 5 nitrogen and oxygen atoms in total. The lowest BCUT2D eigenvalue weighted by molar-refractivity contribution is 0.301. The van der Waals surface area contributed by atoms with E-state index >= 15 is 0 Å². The summed E-state index contributed by atoms with van der Waals surface area (Å²) < 4.78 is 0. The number of halogens is 1. The zero-order valence-electron chi connectivity index (χ0n) is 11.0. The summed E-state index contributed by atoms with van der Waals surface area (Å²) in [5, 5.41) is 9.49. The van der Waals surface area contributed by atoms with Gasteiger partial charge in [0, 0.05) is 19.2 Å². The molecule has 0 fully saturated rings. The molecule has 1 aromatic carbocycles. The van der Waals surface area contributed by atoms with Gasteiger partial charge in [-0.2, -0.15) is 4.98 Å². The maximum Gasteiger partial charge on any atom is 0.223 e. The van der Waals surface area contributed by atoms with Crippen LogP contribution in [0, 0.1) is 0 Å². The zero-order valence-corrected chi connectivity index (χ0v) is 11.8. The Bertz CT molecular complexity index is 530. The van der Waals surface area contributed by atoms with E-state index in [9.17, 15) is 5.11 Å². The van der Waals surface area contributed by atoms with Crippen molar-refractivity contribution in [1.82, 2.24) is 9.97 Å². The average molecular weight is 293 g/mol. The van der Waals surface area contributed by atoms with Crippen molar-refractivity contribution in [3.05, 3.63) is 47.1 Å². The molecule has 3 N–H and O–H groups in total. The number of aromatic nitrogens is 2. The zero-order chi connectivity index (χ0) is 14.4. The van der Waals surface area contributed by atoms with Crippen LogP contribution in [0.3, 0.4) is 0 Å². The van der Waals surface area contributed by atoms with Gasteiger partial charge in [-0.1, -0.05) is 41.9 Å². The summed E-state index contributed by atoms with van der Waals surface area (Å²) in [6.45, 7) is 1.23. The van der Waals surface area contributed by atoms with Gasteiger partial charge in [-0.15, -0.1) is 0 Å². The van der Waals surface area contributed by atoms with E-state index in [-0.39, 0.29) is 12.6 Å². The van der Waals surface area contributed by atoms with Crippen molar-refractivity contribution in [2.24, 2.45) is 0 Å². The third kappa shape index (κ3) is 4.08. The molecule has 1 aromatic heterocycles. The standard InChI is InChI=1S/C14H17ClN4O/c15-12-10-13(18-14(16)17-12)19(8-9-20)7-6-11-4-2-1-3-5-11/h1-5,10,20H,6-9H2,(H2,16,17,18). The van der Waals surface area contributed by atoms with Crippen molar-refractivity contribution < 1.29 is 5.11 Å². The first-order chi connectivity index (χ1) is 9.69. The first kappa shape index (κ1) is 14.6. The Kier molecular flexibility index (Phi) is 5.15. The van der Waals surface area contributed by atoms with Crippen molar-refractivity contribution in [3.63, 3.8) is 0 Å². The van der Waals surface area contributed by atoms with Gasteiger partial charge in [-0.25, -0.2) is 4.98 Å². The topological polar surface area (TPSA) is 75.3 Å². The lowest BCUT2D eigenvalue weighted by Gasteiger charge is -2.23. The van der Waals surface area contributed by atoms with Gasteiger partial charge >= 0.3 is 0 Å². The number of nitrogens with zero attached hydrogens (tertiary/aromatic N) is 3. The van der Waals surface area contributed by atoms with Crippen LogP contribution in [0.4, 0.5) is 11.8 Å². The molecule has 2 rings (SSSR count). The first-order valence-electron chi connectivity index (χ1n) is 6.39. The number of rotatable bonds is 6. The summed E-state index contributed by atoms with van der Waals surface area (Å²) in [5.41, 5.74) is 6.83. The van der Waals surface area contributed by atoms with Gasteiger partial charge in [0.2, 0.25) is 5.95 Å². The monoisotopic (exact) mass is 292 g/mol. The minimum absolute atomic E-state index is 0.0380. The third-order valence-corrected chi connectivity index (χ3v) is 3.10. The Morgan fingerprint density at radius 1 is 1.15 bits per heavy atom. The van der Waals surface area contributed by atoms with E-state index in [2.05, 4.69) is 22.1 Å². The minimum Gasteiger partial charge on any atom is -0.395 e. The predicted octanol–water partition coefficient (Wildman–Crippen LogP) is 1.75. The largest absolute Gasteiger partial charge is 0.395 e. The maximum absolute atomic E-state index is 9.18. The van der Waals surface area contributed by atoms with E-state index in [0.717, 1.165) is 13.0 Å². The van der Waals surface area contributed by atoms with E-state index in [1.54, 1.807) is 6.07 Å². The molecule has 0 bridgehead atoms. The Labute approximate surface area is 123 Å². The number of aliphatic hydroxyl groups excluding tert-OH is 1. The normalized spacial score (nSPS) is 10.5. The van der Waals surface area contributed by atoms with E-state index in [1.165, 1.54) is 5.56 Å². The number of nitrogen functional groups attached to an aromatic ring is 1. The highest BCUT2D eigenvalue weighted by Gasteiger charge is 2.10. The number of hydrogen-bond acceptors (Lipinski definition) is 5. The molecule has 0 saturated heterocycles. The van der Waals surface area contributed by atoms with Gasteiger partial charge in [0.25, 0.3) is 0 Å². The molecule has 2 aromatic rings. The van der Waals surface area contributed by atoms with Crippen molar-refractivity contribution in [3.8, 4) is 0 Å². The fourth-order valence-electron chi connectivity index (χ4n) is 1.96. The summed E-state index contributed by atoms with van der Waals surface area (Å²) in [5.74, 6) is 0.766. The Morgan fingerprint density at radius 2 is 1.90 bits per heavy atom. The minimum atomic E-state index is 0.0380. The van der Waals surface area contributed by atoms with Crippen LogP contribution in [-0.4, -0.2) is 34.8 Å². The van der Waals surface area contributed by atoms with Gasteiger partial charge < -0.3 is 15.7 Å². The van der Waals surface area contributed by atoms with Crippen molar-refractivity contribution in [2.75, 3.05) is 30.3 Å². The number of hydrogen-bond donors (Lipinski definition) is 2. The summed E-state index contributed by atoms with van der Waals surface area (Å²) in [4.78, 5) is 9.94. The van der Waals surface area contributed by atoms with Crippen LogP contribution < -0.4 is 10.6 Å². The fraction of sp³-hybridized carbons (Fsp3) is 0.286. The van der Waals surface area contributed by atoms with Crippen LogP contribution in [-0.2, 0) is 6.42 Å². The smallest absolute Gasteiger partial charge is 0.223 e. The molecule has 0 spiro atoms. The molecule has 0 aliphatic heterocycles. The first-order valence-corrected chi connectivity index (χ1v) is 6.76. The summed E-state index contributed by atoms with van der Waals surface area (Å²) in [6, 6.07) is 11.8. The van der Waals surface area contributed by atoms with E-state index in [4.69, 9.17) is 17.3 Å². The molecule has 1 heterocycles. The van der Waals surface area contributed by atoms with Crippen molar-refractivity contribution in [1.29, 1.82) is 0 Å². The molecular weight excluding hydrogens is 276 g/mol. The van der Waals surface area contributed by atoms with Crippen molar-refractivity contribution in [2.45, 2.75) is 6.42 Å². The van der Waals surface area contributed by atoms with E-state index in [0.29, 0.717) is 17.5 Å². The van der Waals surface area contributed by atoms with Crippen LogP contribution in [0.1, 0.15) is 5.56 Å². The van der Waals surface area contributed by atoms with Crippen molar-refractivity contribution >= 4 is 23.4 Å². The highest BCUT2D eigenvalue weighted by Crippen LogP contribution is 2.17. The molecular formula is C14H17ClN4O. The van der Waals surface area contributed by atoms with Crippen LogP contribution in [0.5, 0.6) is 0 Å². The maximum atomic E-state index is 9.18. The molecule has 0 unspecified atom stereocenters. The Morgan fingerprint density at radius 3 is 2.55 bits per heavy atom. The third-order valence-electron chi connectivity index (χ3n) is 2.91. The molecule has 0 atom stereocenters. The predicted molar refractivity (Wildman–Crippen MR) is 80.9 cm³/mol. The van der Waals surface area contributed by atoms with Crippen LogP contribution in [0.15, 0.2) is 36.4 Å². The highest BCUT2D eigenvalue weighted by molar-refractivity contribution is 6.29. The van der Waals surface area contributed by atoms with E-state index < -0.39 is 0 Å². The molecule has 106 valence electrons. The molecule has 0 saturated carbocycles. The number of aliphatic hydroxyl groups is 1. The van der Waals surface area contributed by atoms with Crippen LogP contribution >= 0.6 is 11.6 Å². The molecule has 6 heteroatoms. The summed E-state index contributed by atoms with van der Waals surface area (Å²) in [6.07, 6.45) is 0.850. The Balaban J connectivity index is 2.10. The second-order valence-corrected chi connectivity index (χ2v) is 4.74. The molecule has 0 aliphatic carbocycles. The van der Waals surface area contributed by atoms with Gasteiger partial charge in [-0.3, -0.25) is 0 Å².